The van der Waals surface area contributed by atoms with Crippen molar-refractivity contribution >= 4 is 44.9 Å². The summed E-state index contributed by atoms with van der Waals surface area (Å²) in [6.45, 7) is 1.82. The van der Waals surface area contributed by atoms with Crippen molar-refractivity contribution in [1.29, 1.82) is 0 Å². The van der Waals surface area contributed by atoms with Gasteiger partial charge in [-0.1, -0.05) is 0 Å². The zero-order chi connectivity index (χ0) is 21.3. The largest absolute Gasteiger partial charge is 0.497 e. The molecule has 1 amide bonds. The first-order valence-electron chi connectivity index (χ1n) is 9.68. The quantitative estimate of drug-likeness (QED) is 0.575. The summed E-state index contributed by atoms with van der Waals surface area (Å²) < 4.78 is 10.5. The molecule has 3 aromatic rings. The van der Waals surface area contributed by atoms with Gasteiger partial charge in [0, 0.05) is 10.9 Å². The fourth-order valence-electron chi connectivity index (χ4n) is 3.54. The highest BCUT2D eigenvalue weighted by molar-refractivity contribution is 7.99. The monoisotopic (exact) mass is 445 g/mol. The topological polar surface area (TPSA) is 93.3 Å². The minimum absolute atomic E-state index is 0.0757. The Labute approximate surface area is 182 Å². The van der Waals surface area contributed by atoms with E-state index in [1.54, 1.807) is 43.8 Å². The number of hydrogen-bond donors (Lipinski definition) is 2. The lowest BCUT2D eigenvalue weighted by Gasteiger charge is -2.15. The summed E-state index contributed by atoms with van der Waals surface area (Å²) in [6, 6.07) is 5.23. The van der Waals surface area contributed by atoms with Crippen LogP contribution in [0.5, 0.6) is 11.5 Å². The highest BCUT2D eigenvalue weighted by Gasteiger charge is 2.22. The zero-order valence-corrected chi connectivity index (χ0v) is 18.7. The van der Waals surface area contributed by atoms with Crippen molar-refractivity contribution < 1.29 is 14.3 Å². The molecule has 1 atom stereocenters. The van der Waals surface area contributed by atoms with Crippen LogP contribution in [0.25, 0.3) is 10.2 Å². The fourth-order valence-corrected chi connectivity index (χ4v) is 5.58. The number of aryl methyl sites for hydroxylation is 2. The molecule has 0 bridgehead atoms. The number of amides is 1. The molecule has 1 aromatic carbocycles. The van der Waals surface area contributed by atoms with Gasteiger partial charge in [0.2, 0.25) is 5.91 Å². The molecule has 4 rings (SSSR count). The van der Waals surface area contributed by atoms with E-state index >= 15 is 0 Å². The number of methoxy groups -OCH3 is 2. The highest BCUT2D eigenvalue weighted by Crippen LogP contribution is 2.35. The summed E-state index contributed by atoms with van der Waals surface area (Å²) in [6.07, 6.45) is 3.10. The van der Waals surface area contributed by atoms with Crippen molar-refractivity contribution in [2.45, 2.75) is 37.2 Å². The van der Waals surface area contributed by atoms with Gasteiger partial charge in [-0.15, -0.1) is 23.1 Å². The minimum atomic E-state index is -0.352. The molecule has 0 radical (unpaired) electrons. The van der Waals surface area contributed by atoms with Crippen molar-refractivity contribution in [2.75, 3.05) is 19.5 Å². The molecule has 1 unspecified atom stereocenters. The predicted octanol–water partition coefficient (Wildman–Crippen LogP) is 3.75. The third-order valence-corrected chi connectivity index (χ3v) is 7.47. The van der Waals surface area contributed by atoms with E-state index in [1.165, 1.54) is 22.2 Å². The molecule has 9 heteroatoms. The van der Waals surface area contributed by atoms with E-state index in [1.807, 2.05) is 6.92 Å². The molecular formula is C21H23N3O4S2. The molecule has 2 aromatic heterocycles. The number of benzene rings is 1. The van der Waals surface area contributed by atoms with Gasteiger partial charge in [0.1, 0.15) is 22.2 Å². The number of nitrogens with zero attached hydrogens (tertiary/aromatic N) is 1. The minimum Gasteiger partial charge on any atom is -0.497 e. The van der Waals surface area contributed by atoms with Crippen LogP contribution in [-0.4, -0.2) is 35.3 Å². The van der Waals surface area contributed by atoms with Gasteiger partial charge in [-0.05, 0) is 43.9 Å². The van der Waals surface area contributed by atoms with Gasteiger partial charge in [-0.25, -0.2) is 4.98 Å². The van der Waals surface area contributed by atoms with Crippen LogP contribution in [0.4, 0.5) is 5.69 Å². The molecule has 2 heterocycles. The number of fused-ring (bicyclic) bond motifs is 3. The number of aromatic amines is 1. The summed E-state index contributed by atoms with van der Waals surface area (Å²) in [4.78, 5) is 34.8. The van der Waals surface area contributed by atoms with Crippen LogP contribution < -0.4 is 20.3 Å². The number of aromatic nitrogens is 2. The summed E-state index contributed by atoms with van der Waals surface area (Å²) in [5.74, 6) is 2.06. The highest BCUT2D eigenvalue weighted by atomic mass is 32.2. The second kappa shape index (κ2) is 8.69. The maximum absolute atomic E-state index is 12.7. The summed E-state index contributed by atoms with van der Waals surface area (Å²) in [7, 11) is 3.12. The Bertz CT molecular complexity index is 1160. The molecule has 158 valence electrons. The lowest BCUT2D eigenvalue weighted by Crippen LogP contribution is -2.23. The summed E-state index contributed by atoms with van der Waals surface area (Å²) in [5.41, 5.74) is 1.64. The first-order valence-corrected chi connectivity index (χ1v) is 11.5. The van der Waals surface area contributed by atoms with Crippen molar-refractivity contribution in [1.82, 2.24) is 9.97 Å². The molecule has 2 N–H and O–H groups in total. The summed E-state index contributed by atoms with van der Waals surface area (Å²) in [5, 5.41) is 3.28. The number of H-pyrrole nitrogens is 1. The average Bonchev–Trinajstić information content (AvgIpc) is 3.32. The van der Waals surface area contributed by atoms with Gasteiger partial charge in [-0.2, -0.15) is 0 Å². The number of carbonyl (C=O) groups is 1. The molecule has 0 saturated carbocycles. The average molecular weight is 446 g/mol. The van der Waals surface area contributed by atoms with E-state index < -0.39 is 0 Å². The first kappa shape index (κ1) is 20.7. The van der Waals surface area contributed by atoms with Crippen LogP contribution in [-0.2, 0) is 23.4 Å². The molecular weight excluding hydrogens is 422 g/mol. The second-order valence-electron chi connectivity index (χ2n) is 7.06. The van der Waals surface area contributed by atoms with E-state index in [2.05, 4.69) is 15.3 Å². The molecule has 0 aliphatic heterocycles. The van der Waals surface area contributed by atoms with E-state index in [9.17, 15) is 9.59 Å². The lowest BCUT2D eigenvalue weighted by atomic mass is 10.2. The van der Waals surface area contributed by atoms with E-state index in [4.69, 9.17) is 9.47 Å². The third kappa shape index (κ3) is 4.04. The standard InChI is InChI=1S/C21H23N3O4S2/c1-11(19(25)22-14-9-12(27-2)7-8-15(14)28-3)29-10-17-23-20(26)18-13-5-4-6-16(13)30-21(18)24-17/h7-9,11H,4-6,10H2,1-3H3,(H,22,25)(H,23,24,26). The van der Waals surface area contributed by atoms with Gasteiger partial charge < -0.3 is 19.8 Å². The van der Waals surface area contributed by atoms with Crippen LogP contribution in [0, 0.1) is 0 Å². The second-order valence-corrected chi connectivity index (χ2v) is 9.47. The van der Waals surface area contributed by atoms with Gasteiger partial charge in [-0.3, -0.25) is 9.59 Å². The van der Waals surface area contributed by atoms with Crippen molar-refractivity contribution in [3.63, 3.8) is 0 Å². The number of anilines is 1. The van der Waals surface area contributed by atoms with Gasteiger partial charge >= 0.3 is 0 Å². The fraction of sp³-hybridized carbons (Fsp3) is 0.381. The van der Waals surface area contributed by atoms with Crippen LogP contribution in [0.3, 0.4) is 0 Å². The normalized spacial score (nSPS) is 13.8. The van der Waals surface area contributed by atoms with E-state index in [-0.39, 0.29) is 16.7 Å². The number of rotatable bonds is 7. The van der Waals surface area contributed by atoms with E-state index in [0.717, 1.165) is 29.5 Å². The maximum atomic E-state index is 12.7. The number of thiophene rings is 1. The number of carbonyl (C=O) groups excluding carboxylic acids is 1. The predicted molar refractivity (Wildman–Crippen MR) is 121 cm³/mol. The van der Waals surface area contributed by atoms with Crippen molar-refractivity contribution in [2.24, 2.45) is 0 Å². The molecule has 0 fully saturated rings. The Balaban J connectivity index is 1.44. The number of nitrogens with one attached hydrogen (secondary N) is 2. The Kier molecular flexibility index (Phi) is 6.01. The molecule has 1 aliphatic carbocycles. The smallest absolute Gasteiger partial charge is 0.259 e. The molecule has 0 spiro atoms. The Morgan fingerprint density at radius 3 is 2.93 bits per heavy atom. The maximum Gasteiger partial charge on any atom is 0.259 e. The van der Waals surface area contributed by atoms with Crippen LogP contribution in [0.15, 0.2) is 23.0 Å². The molecule has 30 heavy (non-hydrogen) atoms. The number of hydrogen-bond acceptors (Lipinski definition) is 7. The zero-order valence-electron chi connectivity index (χ0n) is 17.0. The van der Waals surface area contributed by atoms with Crippen molar-refractivity contribution in [3.05, 3.63) is 44.8 Å². The summed E-state index contributed by atoms with van der Waals surface area (Å²) >= 11 is 3.04. The number of thioether (sulfide) groups is 1. The molecule has 0 saturated heterocycles. The first-order chi connectivity index (χ1) is 14.5. The lowest BCUT2D eigenvalue weighted by molar-refractivity contribution is -0.115. The molecule has 7 nitrogen and oxygen atoms in total. The van der Waals surface area contributed by atoms with Gasteiger partial charge in [0.05, 0.1) is 36.3 Å². The SMILES string of the molecule is COc1ccc(OC)c(NC(=O)C(C)SCc2nc3sc4c(c3c(=O)[nH]2)CCC4)c1. The van der Waals surface area contributed by atoms with Crippen molar-refractivity contribution in [3.8, 4) is 11.5 Å². The van der Waals surface area contributed by atoms with E-state index in [0.29, 0.717) is 28.8 Å². The van der Waals surface area contributed by atoms with Gasteiger partial charge in [0.15, 0.2) is 0 Å². The molecule has 1 aliphatic rings. The Morgan fingerprint density at radius 1 is 1.33 bits per heavy atom. The van der Waals surface area contributed by atoms with Crippen LogP contribution >= 0.6 is 23.1 Å². The van der Waals surface area contributed by atoms with Crippen LogP contribution in [0.1, 0.15) is 29.6 Å². The van der Waals surface area contributed by atoms with Gasteiger partial charge in [0.25, 0.3) is 5.56 Å². The van der Waals surface area contributed by atoms with Crippen LogP contribution in [0.2, 0.25) is 0 Å². The third-order valence-electron chi connectivity index (χ3n) is 5.13. The number of ether oxygens (including phenoxy) is 2. The Hall–Kier alpha value is -2.52. The Morgan fingerprint density at radius 2 is 2.17 bits per heavy atom.